The number of hydrogen-bond acceptors (Lipinski definition) is 7. The number of anilines is 1. The highest BCUT2D eigenvalue weighted by molar-refractivity contribution is 8.01. The number of carbonyl (C=O) groups is 1. The molecule has 1 saturated carbocycles. The van der Waals surface area contributed by atoms with Crippen LogP contribution in [-0.4, -0.2) is 27.4 Å². The van der Waals surface area contributed by atoms with E-state index in [4.69, 9.17) is 5.73 Å². The number of nitrogens with zero attached hydrogens (tertiary/aromatic N) is 3. The SMILES string of the molecule is N#CC1(NC(=O)CSc2nnc(N)s2)CCCCC1. The topological polar surface area (TPSA) is 105 Å². The third-order valence-corrected chi connectivity index (χ3v) is 4.93. The Morgan fingerprint density at radius 1 is 1.47 bits per heavy atom. The van der Waals surface area contributed by atoms with E-state index in [2.05, 4.69) is 21.6 Å². The molecule has 0 unspecified atom stereocenters. The average molecular weight is 297 g/mol. The van der Waals surface area contributed by atoms with Gasteiger partial charge in [0.1, 0.15) is 5.54 Å². The van der Waals surface area contributed by atoms with E-state index < -0.39 is 5.54 Å². The summed E-state index contributed by atoms with van der Waals surface area (Å²) in [4.78, 5) is 11.9. The minimum Gasteiger partial charge on any atom is -0.374 e. The molecule has 0 aromatic carbocycles. The van der Waals surface area contributed by atoms with Crippen LogP contribution >= 0.6 is 23.1 Å². The van der Waals surface area contributed by atoms with Gasteiger partial charge >= 0.3 is 0 Å². The van der Waals surface area contributed by atoms with Gasteiger partial charge < -0.3 is 11.1 Å². The van der Waals surface area contributed by atoms with E-state index in [0.29, 0.717) is 9.47 Å². The molecule has 3 N–H and O–H groups in total. The first-order chi connectivity index (χ1) is 9.13. The lowest BCUT2D eigenvalue weighted by atomic mass is 9.83. The molecule has 8 heteroatoms. The fourth-order valence-electron chi connectivity index (χ4n) is 2.13. The number of amides is 1. The van der Waals surface area contributed by atoms with Crippen molar-refractivity contribution in [3.05, 3.63) is 0 Å². The number of nitrogen functional groups attached to an aromatic ring is 1. The number of nitrogens with two attached hydrogens (primary N) is 1. The quantitative estimate of drug-likeness (QED) is 0.817. The summed E-state index contributed by atoms with van der Waals surface area (Å²) in [7, 11) is 0. The van der Waals surface area contributed by atoms with Crippen LogP contribution in [0.3, 0.4) is 0 Å². The third-order valence-electron chi connectivity index (χ3n) is 3.05. The summed E-state index contributed by atoms with van der Waals surface area (Å²) in [6.45, 7) is 0. The molecule has 6 nitrogen and oxygen atoms in total. The first-order valence-corrected chi connectivity index (χ1v) is 7.88. The molecule has 1 fully saturated rings. The second kappa shape index (κ2) is 6.21. The zero-order chi connectivity index (χ0) is 13.7. The first kappa shape index (κ1) is 14.1. The standard InChI is InChI=1S/C11H15N5OS2/c12-7-11(4-2-1-3-5-11)14-8(17)6-18-10-16-15-9(13)19-10/h1-6H2,(H2,13,15)(H,14,17). The van der Waals surface area contributed by atoms with Gasteiger partial charge in [-0.3, -0.25) is 4.79 Å². The predicted octanol–water partition coefficient (Wildman–Crippen LogP) is 1.56. The average Bonchev–Trinajstić information content (AvgIpc) is 2.83. The van der Waals surface area contributed by atoms with E-state index in [1.807, 2.05) is 0 Å². The van der Waals surface area contributed by atoms with Gasteiger partial charge in [0.15, 0.2) is 4.34 Å². The molecule has 102 valence electrons. The summed E-state index contributed by atoms with van der Waals surface area (Å²) in [5.74, 6) is 0.0974. The van der Waals surface area contributed by atoms with Crippen LogP contribution in [0.2, 0.25) is 0 Å². The van der Waals surface area contributed by atoms with Crippen LogP contribution in [0.5, 0.6) is 0 Å². The van der Waals surface area contributed by atoms with Gasteiger partial charge in [-0.2, -0.15) is 5.26 Å². The highest BCUT2D eigenvalue weighted by atomic mass is 32.2. The molecule has 0 aliphatic heterocycles. The minimum atomic E-state index is -0.671. The molecule has 0 saturated heterocycles. The van der Waals surface area contributed by atoms with E-state index in [0.717, 1.165) is 32.1 Å². The predicted molar refractivity (Wildman–Crippen MR) is 74.6 cm³/mol. The van der Waals surface area contributed by atoms with Gasteiger partial charge in [-0.15, -0.1) is 10.2 Å². The summed E-state index contributed by atoms with van der Waals surface area (Å²) in [5, 5.41) is 20.0. The van der Waals surface area contributed by atoms with Gasteiger partial charge in [-0.1, -0.05) is 42.4 Å². The number of thioether (sulfide) groups is 1. The molecule has 0 bridgehead atoms. The van der Waals surface area contributed by atoms with Crippen molar-refractivity contribution in [2.75, 3.05) is 11.5 Å². The Morgan fingerprint density at radius 2 is 2.21 bits per heavy atom. The maximum Gasteiger partial charge on any atom is 0.231 e. The molecule has 1 aromatic rings. The van der Waals surface area contributed by atoms with Gasteiger partial charge in [-0.05, 0) is 12.8 Å². The lowest BCUT2D eigenvalue weighted by Crippen LogP contribution is -2.49. The smallest absolute Gasteiger partial charge is 0.231 e. The van der Waals surface area contributed by atoms with Crippen molar-refractivity contribution in [2.24, 2.45) is 0 Å². The van der Waals surface area contributed by atoms with E-state index in [1.165, 1.54) is 23.1 Å². The normalized spacial score (nSPS) is 17.6. The zero-order valence-electron chi connectivity index (χ0n) is 10.4. The van der Waals surface area contributed by atoms with Gasteiger partial charge in [0, 0.05) is 0 Å². The summed E-state index contributed by atoms with van der Waals surface area (Å²) >= 11 is 2.54. The molecular weight excluding hydrogens is 282 g/mol. The molecule has 1 aliphatic carbocycles. The van der Waals surface area contributed by atoms with Crippen molar-refractivity contribution >= 4 is 34.1 Å². The lowest BCUT2D eigenvalue weighted by molar-refractivity contribution is -0.120. The molecule has 0 spiro atoms. The monoisotopic (exact) mass is 297 g/mol. The fourth-order valence-corrected chi connectivity index (χ4v) is 3.57. The number of carbonyl (C=O) groups excluding carboxylic acids is 1. The molecule has 1 aromatic heterocycles. The number of nitriles is 1. The Hall–Kier alpha value is -1.33. The second-order valence-electron chi connectivity index (χ2n) is 4.50. The zero-order valence-corrected chi connectivity index (χ0v) is 12.0. The van der Waals surface area contributed by atoms with Crippen LogP contribution in [0.15, 0.2) is 4.34 Å². The van der Waals surface area contributed by atoms with Crippen molar-refractivity contribution in [3.8, 4) is 6.07 Å². The van der Waals surface area contributed by atoms with Crippen LogP contribution in [0.1, 0.15) is 32.1 Å². The minimum absolute atomic E-state index is 0.137. The van der Waals surface area contributed by atoms with Crippen LogP contribution < -0.4 is 11.1 Å². The highest BCUT2D eigenvalue weighted by Crippen LogP contribution is 2.28. The van der Waals surface area contributed by atoms with E-state index in [1.54, 1.807) is 0 Å². The molecule has 0 atom stereocenters. The van der Waals surface area contributed by atoms with Crippen LogP contribution in [0.4, 0.5) is 5.13 Å². The molecule has 19 heavy (non-hydrogen) atoms. The largest absolute Gasteiger partial charge is 0.374 e. The summed E-state index contributed by atoms with van der Waals surface area (Å²) < 4.78 is 0.669. The Bertz CT molecular complexity index is 490. The first-order valence-electron chi connectivity index (χ1n) is 6.08. The van der Waals surface area contributed by atoms with E-state index in [-0.39, 0.29) is 11.7 Å². The Kier molecular flexibility index (Phi) is 4.61. The van der Waals surface area contributed by atoms with Crippen molar-refractivity contribution < 1.29 is 4.79 Å². The van der Waals surface area contributed by atoms with E-state index in [9.17, 15) is 10.1 Å². The molecule has 2 rings (SSSR count). The number of aromatic nitrogens is 2. The third kappa shape index (κ3) is 3.81. The van der Waals surface area contributed by atoms with Crippen molar-refractivity contribution in [3.63, 3.8) is 0 Å². The second-order valence-corrected chi connectivity index (χ2v) is 6.73. The van der Waals surface area contributed by atoms with Gasteiger partial charge in [0.2, 0.25) is 11.0 Å². The highest BCUT2D eigenvalue weighted by Gasteiger charge is 2.33. The summed E-state index contributed by atoms with van der Waals surface area (Å²) in [6.07, 6.45) is 4.61. The Morgan fingerprint density at radius 3 is 2.79 bits per heavy atom. The fraction of sp³-hybridized carbons (Fsp3) is 0.636. The van der Waals surface area contributed by atoms with Crippen LogP contribution in [0, 0.1) is 11.3 Å². The molecule has 0 radical (unpaired) electrons. The van der Waals surface area contributed by atoms with E-state index >= 15 is 0 Å². The van der Waals surface area contributed by atoms with Crippen molar-refractivity contribution in [1.82, 2.24) is 15.5 Å². The molecular formula is C11H15N5OS2. The number of nitrogens with one attached hydrogen (secondary N) is 1. The van der Waals surface area contributed by atoms with Crippen LogP contribution in [-0.2, 0) is 4.79 Å². The number of hydrogen-bond donors (Lipinski definition) is 2. The van der Waals surface area contributed by atoms with Gasteiger partial charge in [-0.25, -0.2) is 0 Å². The van der Waals surface area contributed by atoms with Crippen LogP contribution in [0.25, 0.3) is 0 Å². The summed E-state index contributed by atoms with van der Waals surface area (Å²) in [6, 6.07) is 2.26. The number of rotatable bonds is 4. The van der Waals surface area contributed by atoms with Crippen molar-refractivity contribution in [1.29, 1.82) is 5.26 Å². The van der Waals surface area contributed by atoms with Gasteiger partial charge in [0.25, 0.3) is 0 Å². The Balaban J connectivity index is 1.85. The van der Waals surface area contributed by atoms with Crippen molar-refractivity contribution in [2.45, 2.75) is 42.0 Å². The maximum absolute atomic E-state index is 11.9. The maximum atomic E-state index is 11.9. The van der Waals surface area contributed by atoms with Gasteiger partial charge in [0.05, 0.1) is 11.8 Å². The molecule has 1 heterocycles. The lowest BCUT2D eigenvalue weighted by Gasteiger charge is -2.31. The molecule has 1 amide bonds. The Labute approximate surface area is 119 Å². The molecule has 1 aliphatic rings. The summed E-state index contributed by atoms with van der Waals surface area (Å²) in [5.41, 5.74) is 4.79.